The Balaban J connectivity index is 2.16. The van der Waals surface area contributed by atoms with Crippen LogP contribution in [0.4, 0.5) is 17.5 Å². The first-order valence-corrected chi connectivity index (χ1v) is 8.80. The molecule has 0 radical (unpaired) electrons. The van der Waals surface area contributed by atoms with Crippen molar-refractivity contribution in [1.82, 2.24) is 9.97 Å². The maximum absolute atomic E-state index is 12.1. The Labute approximate surface area is 166 Å². The Kier molecular flexibility index (Phi) is 6.13. The topological polar surface area (TPSA) is 101 Å². The molecule has 0 atom stereocenters. The fraction of sp³-hybridized carbons (Fsp3) is 0.211. The number of methoxy groups -OCH3 is 1. The van der Waals surface area contributed by atoms with Crippen molar-refractivity contribution in [2.24, 2.45) is 0 Å². The number of furan rings is 1. The molecule has 8 nitrogen and oxygen atoms in total. The van der Waals surface area contributed by atoms with Crippen LogP contribution >= 0.6 is 11.6 Å². The number of anilines is 3. The van der Waals surface area contributed by atoms with Crippen molar-refractivity contribution in [3.63, 3.8) is 0 Å². The average Bonchev–Trinajstić information content (AvgIpc) is 3.21. The van der Waals surface area contributed by atoms with Gasteiger partial charge in [0.15, 0.2) is 11.6 Å². The molecule has 3 aromatic rings. The van der Waals surface area contributed by atoms with Crippen LogP contribution < -0.4 is 10.2 Å². The molecule has 0 amide bonds. The number of halogens is 1. The highest BCUT2D eigenvalue weighted by Gasteiger charge is 2.26. The third-order valence-corrected chi connectivity index (χ3v) is 4.20. The number of benzene rings is 1. The van der Waals surface area contributed by atoms with Gasteiger partial charge >= 0.3 is 5.97 Å². The van der Waals surface area contributed by atoms with Crippen molar-refractivity contribution in [3.05, 3.63) is 53.2 Å². The normalized spacial score (nSPS) is 10.7. The molecule has 0 unspecified atom stereocenters. The molecule has 9 heteroatoms. The number of carboxylic acid groups (broad SMARTS) is 1. The fourth-order valence-corrected chi connectivity index (χ4v) is 2.82. The van der Waals surface area contributed by atoms with Crippen molar-refractivity contribution < 1.29 is 19.1 Å². The molecule has 0 aliphatic rings. The molecule has 0 fully saturated rings. The van der Waals surface area contributed by atoms with E-state index < -0.39 is 5.97 Å². The molecule has 0 bridgehead atoms. The van der Waals surface area contributed by atoms with Crippen LogP contribution in [0, 0.1) is 0 Å². The van der Waals surface area contributed by atoms with E-state index in [0.717, 1.165) is 0 Å². The van der Waals surface area contributed by atoms with Gasteiger partial charge in [-0.25, -0.2) is 9.78 Å². The molecular weight excluding hydrogens is 384 g/mol. The summed E-state index contributed by atoms with van der Waals surface area (Å²) in [5.41, 5.74) is 0.785. The largest absolute Gasteiger partial charge is 0.477 e. The first kappa shape index (κ1) is 19.7. The number of aromatic carboxylic acids is 1. The van der Waals surface area contributed by atoms with Gasteiger partial charge < -0.3 is 24.5 Å². The van der Waals surface area contributed by atoms with Crippen LogP contribution in [-0.2, 0) is 4.74 Å². The van der Waals surface area contributed by atoms with Crippen LogP contribution in [-0.4, -0.2) is 48.4 Å². The van der Waals surface area contributed by atoms with E-state index in [4.69, 9.17) is 20.8 Å². The zero-order valence-electron chi connectivity index (χ0n) is 15.3. The van der Waals surface area contributed by atoms with Gasteiger partial charge in [-0.15, -0.1) is 0 Å². The Morgan fingerprint density at radius 1 is 1.32 bits per heavy atom. The summed E-state index contributed by atoms with van der Waals surface area (Å²) in [6, 6.07) is 10.4. The number of aromatic nitrogens is 2. The van der Waals surface area contributed by atoms with Crippen molar-refractivity contribution in [2.45, 2.75) is 0 Å². The lowest BCUT2D eigenvalue weighted by atomic mass is 10.1. The minimum Gasteiger partial charge on any atom is -0.477 e. The van der Waals surface area contributed by atoms with Crippen LogP contribution in [0.15, 0.2) is 47.1 Å². The van der Waals surface area contributed by atoms with Crippen LogP contribution in [0.1, 0.15) is 10.4 Å². The minimum atomic E-state index is -1.17. The van der Waals surface area contributed by atoms with Crippen molar-refractivity contribution in [2.75, 3.05) is 37.5 Å². The molecule has 28 heavy (non-hydrogen) atoms. The van der Waals surface area contributed by atoms with Crippen LogP contribution in [0.5, 0.6) is 0 Å². The van der Waals surface area contributed by atoms with Gasteiger partial charge in [0.25, 0.3) is 0 Å². The maximum Gasteiger partial charge on any atom is 0.341 e. The summed E-state index contributed by atoms with van der Waals surface area (Å²) >= 11 is 6.09. The summed E-state index contributed by atoms with van der Waals surface area (Å²) in [4.78, 5) is 22.5. The first-order valence-electron chi connectivity index (χ1n) is 8.42. The molecule has 2 N–H and O–H groups in total. The Hall–Kier alpha value is -3.10. The second-order valence-corrected chi connectivity index (χ2v) is 6.27. The fourth-order valence-electron chi connectivity index (χ4n) is 2.63. The third kappa shape index (κ3) is 4.24. The monoisotopic (exact) mass is 402 g/mol. The number of nitrogens with one attached hydrogen (secondary N) is 1. The average molecular weight is 403 g/mol. The van der Waals surface area contributed by atoms with Gasteiger partial charge in [0, 0.05) is 31.4 Å². The van der Waals surface area contributed by atoms with Gasteiger partial charge in [0.2, 0.25) is 5.95 Å². The third-order valence-electron chi connectivity index (χ3n) is 3.96. The number of hydrogen-bond donors (Lipinski definition) is 2. The van der Waals surface area contributed by atoms with E-state index in [-0.39, 0.29) is 23.0 Å². The van der Waals surface area contributed by atoms with Gasteiger partial charge in [-0.05, 0) is 30.3 Å². The SMILES string of the molecule is COCCNc1nc(-c2ccco2)c(C(=O)O)c(N(C)c2cccc(Cl)c2)n1. The molecule has 3 rings (SSSR count). The van der Waals surface area contributed by atoms with E-state index in [0.29, 0.717) is 29.6 Å². The first-order chi connectivity index (χ1) is 13.5. The smallest absolute Gasteiger partial charge is 0.341 e. The number of rotatable bonds is 8. The highest BCUT2D eigenvalue weighted by Crippen LogP contribution is 2.33. The van der Waals surface area contributed by atoms with Gasteiger partial charge in [-0.2, -0.15) is 4.98 Å². The molecule has 0 aliphatic carbocycles. The number of carbonyl (C=O) groups is 1. The highest BCUT2D eigenvalue weighted by atomic mass is 35.5. The standard InChI is InChI=1S/C19H19ClN4O4/c1-24(13-6-3-5-12(20)11-13)17-15(18(25)26)16(14-7-4-9-28-14)22-19(23-17)21-8-10-27-2/h3-7,9,11H,8,10H2,1-2H3,(H,25,26)(H,21,22,23). The number of ether oxygens (including phenoxy) is 1. The lowest BCUT2D eigenvalue weighted by molar-refractivity contribution is 0.0697. The van der Waals surface area contributed by atoms with E-state index in [2.05, 4.69) is 15.3 Å². The van der Waals surface area contributed by atoms with Gasteiger partial charge in [0.1, 0.15) is 11.3 Å². The Morgan fingerprint density at radius 3 is 2.79 bits per heavy atom. The molecule has 2 heterocycles. The van der Waals surface area contributed by atoms with E-state index in [1.165, 1.54) is 6.26 Å². The van der Waals surface area contributed by atoms with E-state index in [1.54, 1.807) is 49.4 Å². The zero-order valence-corrected chi connectivity index (χ0v) is 16.1. The number of hydrogen-bond acceptors (Lipinski definition) is 7. The van der Waals surface area contributed by atoms with Crippen molar-refractivity contribution in [1.29, 1.82) is 0 Å². The zero-order chi connectivity index (χ0) is 20.1. The molecule has 2 aromatic heterocycles. The number of carboxylic acids is 1. The minimum absolute atomic E-state index is 0.0743. The van der Waals surface area contributed by atoms with E-state index in [9.17, 15) is 9.90 Å². The molecule has 0 saturated heterocycles. The summed E-state index contributed by atoms with van der Waals surface area (Å²) in [7, 11) is 3.30. The molecule has 0 spiro atoms. The van der Waals surface area contributed by atoms with E-state index >= 15 is 0 Å². The van der Waals surface area contributed by atoms with Gasteiger partial charge in [-0.3, -0.25) is 0 Å². The molecule has 0 saturated carbocycles. The second kappa shape index (κ2) is 8.73. The summed E-state index contributed by atoms with van der Waals surface area (Å²) in [5, 5.41) is 13.5. The van der Waals surface area contributed by atoms with Crippen LogP contribution in [0.25, 0.3) is 11.5 Å². The van der Waals surface area contributed by atoms with E-state index in [1.807, 2.05) is 6.07 Å². The summed E-state index contributed by atoms with van der Waals surface area (Å²) in [5.74, 6) is -0.373. The molecular formula is C19H19ClN4O4. The second-order valence-electron chi connectivity index (χ2n) is 5.84. The molecule has 0 aliphatic heterocycles. The molecule has 146 valence electrons. The van der Waals surface area contributed by atoms with Crippen LogP contribution in [0.3, 0.4) is 0 Å². The quantitative estimate of drug-likeness (QED) is 0.547. The molecule has 1 aromatic carbocycles. The predicted octanol–water partition coefficient (Wildman–Crippen LogP) is 3.91. The lowest BCUT2D eigenvalue weighted by Crippen LogP contribution is -2.20. The predicted molar refractivity (Wildman–Crippen MR) is 107 cm³/mol. The Bertz CT molecular complexity index is 963. The number of nitrogens with zero attached hydrogens (tertiary/aromatic N) is 3. The van der Waals surface area contributed by atoms with Crippen LogP contribution in [0.2, 0.25) is 5.02 Å². The highest BCUT2D eigenvalue weighted by molar-refractivity contribution is 6.30. The van der Waals surface area contributed by atoms with Gasteiger partial charge in [0.05, 0.1) is 12.9 Å². The Morgan fingerprint density at radius 2 is 2.14 bits per heavy atom. The summed E-state index contributed by atoms with van der Waals surface area (Å²) in [6.45, 7) is 0.903. The van der Waals surface area contributed by atoms with Crippen molar-refractivity contribution >= 4 is 35.0 Å². The maximum atomic E-state index is 12.1. The lowest BCUT2D eigenvalue weighted by Gasteiger charge is -2.22. The summed E-state index contributed by atoms with van der Waals surface area (Å²) < 4.78 is 10.4. The van der Waals surface area contributed by atoms with Gasteiger partial charge in [-0.1, -0.05) is 17.7 Å². The van der Waals surface area contributed by atoms with Crippen molar-refractivity contribution in [3.8, 4) is 11.5 Å². The summed E-state index contributed by atoms with van der Waals surface area (Å²) in [6.07, 6.45) is 1.46.